The van der Waals surface area contributed by atoms with E-state index in [0.29, 0.717) is 17.1 Å². The molecular formula is C21H26Cl2N2O3S. The van der Waals surface area contributed by atoms with Crippen molar-refractivity contribution in [2.45, 2.75) is 57.9 Å². The first-order chi connectivity index (χ1) is 13.4. The van der Waals surface area contributed by atoms with Gasteiger partial charge < -0.3 is 5.32 Å². The van der Waals surface area contributed by atoms with Gasteiger partial charge in [0.2, 0.25) is 10.0 Å². The Balaban J connectivity index is 2.46. The average Bonchev–Trinajstić information content (AvgIpc) is 2.60. The van der Waals surface area contributed by atoms with E-state index in [1.165, 1.54) is 18.2 Å². The van der Waals surface area contributed by atoms with Crippen molar-refractivity contribution in [1.82, 2.24) is 4.72 Å². The van der Waals surface area contributed by atoms with Crippen LogP contribution in [0.2, 0.25) is 10.0 Å². The quantitative estimate of drug-likeness (QED) is 0.606. The number of halogens is 2. The molecule has 0 aromatic heterocycles. The molecule has 29 heavy (non-hydrogen) atoms. The number of benzene rings is 2. The van der Waals surface area contributed by atoms with Crippen LogP contribution in [0.1, 0.15) is 56.1 Å². The molecular weight excluding hydrogens is 431 g/mol. The van der Waals surface area contributed by atoms with E-state index < -0.39 is 21.5 Å². The molecule has 158 valence electrons. The standard InChI is InChI=1S/C21H26Cl2N2O3S/c1-6-13-8-10-16(22)15(7-2)19(13)24-20(26)14-9-11-17(23)18(12-14)29(27,28)25-21(3,4)5/h8-12,25H,6-7H2,1-5H3,(H,24,26). The third kappa shape index (κ3) is 5.72. The zero-order chi connectivity index (χ0) is 22.0. The van der Waals surface area contributed by atoms with Crippen LogP contribution in [0.15, 0.2) is 35.2 Å². The number of amides is 1. The smallest absolute Gasteiger partial charge is 0.255 e. The minimum atomic E-state index is -3.89. The van der Waals surface area contributed by atoms with Crippen LogP contribution in [-0.2, 0) is 22.9 Å². The lowest BCUT2D eigenvalue weighted by atomic mass is 10.0. The van der Waals surface area contributed by atoms with Crippen LogP contribution in [0.4, 0.5) is 5.69 Å². The summed E-state index contributed by atoms with van der Waals surface area (Å²) >= 11 is 12.4. The zero-order valence-electron chi connectivity index (χ0n) is 17.2. The van der Waals surface area contributed by atoms with Gasteiger partial charge in [-0.05, 0) is 69.0 Å². The third-order valence-corrected chi connectivity index (χ3v) is 6.83. The summed E-state index contributed by atoms with van der Waals surface area (Å²) in [5, 5.41) is 3.53. The van der Waals surface area contributed by atoms with Crippen molar-refractivity contribution in [3.05, 3.63) is 57.1 Å². The van der Waals surface area contributed by atoms with Crippen LogP contribution in [0.5, 0.6) is 0 Å². The maximum absolute atomic E-state index is 12.9. The van der Waals surface area contributed by atoms with Gasteiger partial charge in [0.15, 0.2) is 0 Å². The zero-order valence-corrected chi connectivity index (χ0v) is 19.5. The fourth-order valence-corrected chi connectivity index (χ4v) is 5.20. The van der Waals surface area contributed by atoms with Gasteiger partial charge in [-0.25, -0.2) is 13.1 Å². The van der Waals surface area contributed by atoms with E-state index in [0.717, 1.165) is 17.5 Å². The lowest BCUT2D eigenvalue weighted by Gasteiger charge is -2.21. The molecule has 0 saturated carbocycles. The van der Waals surface area contributed by atoms with Gasteiger partial charge in [-0.2, -0.15) is 0 Å². The summed E-state index contributed by atoms with van der Waals surface area (Å²) in [7, 11) is -3.89. The Morgan fingerprint density at radius 2 is 1.62 bits per heavy atom. The second-order valence-corrected chi connectivity index (χ2v) is 10.2. The fraction of sp³-hybridized carbons (Fsp3) is 0.381. The Hall–Kier alpha value is -1.60. The fourth-order valence-electron chi connectivity index (χ4n) is 2.96. The molecule has 2 aromatic carbocycles. The molecule has 0 aliphatic heterocycles. The highest BCUT2D eigenvalue weighted by atomic mass is 35.5. The lowest BCUT2D eigenvalue weighted by Crippen LogP contribution is -2.40. The average molecular weight is 457 g/mol. The van der Waals surface area contributed by atoms with Crippen LogP contribution in [0.3, 0.4) is 0 Å². The van der Waals surface area contributed by atoms with Crippen molar-refractivity contribution in [3.8, 4) is 0 Å². The Bertz CT molecular complexity index is 1030. The van der Waals surface area contributed by atoms with E-state index in [-0.39, 0.29) is 15.5 Å². The summed E-state index contributed by atoms with van der Waals surface area (Å²) in [5.74, 6) is -0.430. The van der Waals surface area contributed by atoms with Gasteiger partial charge in [0, 0.05) is 21.8 Å². The van der Waals surface area contributed by atoms with Crippen LogP contribution < -0.4 is 10.0 Å². The summed E-state index contributed by atoms with van der Waals surface area (Å²) in [6.45, 7) is 9.14. The van der Waals surface area contributed by atoms with Crippen molar-refractivity contribution in [1.29, 1.82) is 0 Å². The highest BCUT2D eigenvalue weighted by molar-refractivity contribution is 7.89. The molecule has 0 saturated heterocycles. The molecule has 0 bridgehead atoms. The van der Waals surface area contributed by atoms with E-state index in [1.807, 2.05) is 26.0 Å². The van der Waals surface area contributed by atoms with Crippen molar-refractivity contribution < 1.29 is 13.2 Å². The number of carbonyl (C=O) groups is 1. The number of carbonyl (C=O) groups excluding carboxylic acids is 1. The molecule has 5 nitrogen and oxygen atoms in total. The van der Waals surface area contributed by atoms with Gasteiger partial charge in [-0.1, -0.05) is 43.1 Å². The largest absolute Gasteiger partial charge is 0.321 e. The van der Waals surface area contributed by atoms with Gasteiger partial charge in [0.25, 0.3) is 5.91 Å². The number of hydrogen-bond donors (Lipinski definition) is 2. The van der Waals surface area contributed by atoms with E-state index in [9.17, 15) is 13.2 Å². The topological polar surface area (TPSA) is 75.3 Å². The van der Waals surface area contributed by atoms with Crippen molar-refractivity contribution in [2.75, 3.05) is 5.32 Å². The van der Waals surface area contributed by atoms with E-state index in [2.05, 4.69) is 10.0 Å². The maximum Gasteiger partial charge on any atom is 0.255 e. The number of sulfonamides is 1. The number of aryl methyl sites for hydroxylation is 1. The van der Waals surface area contributed by atoms with Crippen LogP contribution in [0.25, 0.3) is 0 Å². The normalized spacial score (nSPS) is 12.1. The molecule has 0 heterocycles. The van der Waals surface area contributed by atoms with Crippen LogP contribution >= 0.6 is 23.2 Å². The first-order valence-corrected chi connectivity index (χ1v) is 11.6. The second-order valence-electron chi connectivity index (χ2n) is 7.72. The predicted molar refractivity (Wildman–Crippen MR) is 120 cm³/mol. The summed E-state index contributed by atoms with van der Waals surface area (Å²) in [4.78, 5) is 12.8. The Labute approximate surface area is 182 Å². The molecule has 0 aliphatic carbocycles. The van der Waals surface area contributed by atoms with Gasteiger partial charge in [-0.15, -0.1) is 0 Å². The Morgan fingerprint density at radius 1 is 1.00 bits per heavy atom. The van der Waals surface area contributed by atoms with E-state index in [1.54, 1.807) is 20.8 Å². The van der Waals surface area contributed by atoms with Gasteiger partial charge in [0.05, 0.1) is 5.02 Å². The lowest BCUT2D eigenvalue weighted by molar-refractivity contribution is 0.102. The first-order valence-electron chi connectivity index (χ1n) is 9.34. The Kier molecular flexibility index (Phi) is 7.38. The molecule has 0 radical (unpaired) electrons. The Morgan fingerprint density at radius 3 is 2.17 bits per heavy atom. The highest BCUT2D eigenvalue weighted by Crippen LogP contribution is 2.30. The minimum Gasteiger partial charge on any atom is -0.321 e. The van der Waals surface area contributed by atoms with Gasteiger partial charge in [0.1, 0.15) is 4.90 Å². The molecule has 0 aliphatic rings. The first kappa shape index (κ1) is 23.7. The number of rotatable bonds is 6. The van der Waals surface area contributed by atoms with Crippen LogP contribution in [-0.4, -0.2) is 19.9 Å². The molecule has 2 N–H and O–H groups in total. The molecule has 0 atom stereocenters. The second kappa shape index (κ2) is 9.04. The molecule has 2 rings (SSSR count). The SMILES string of the molecule is CCc1ccc(Cl)c(CC)c1NC(=O)c1ccc(Cl)c(S(=O)(=O)NC(C)(C)C)c1. The van der Waals surface area contributed by atoms with Crippen LogP contribution in [0, 0.1) is 0 Å². The maximum atomic E-state index is 12.9. The highest BCUT2D eigenvalue weighted by Gasteiger charge is 2.25. The van der Waals surface area contributed by atoms with Crippen molar-refractivity contribution in [2.24, 2.45) is 0 Å². The van der Waals surface area contributed by atoms with E-state index >= 15 is 0 Å². The minimum absolute atomic E-state index is 0.0459. The molecule has 0 unspecified atom stereocenters. The summed E-state index contributed by atoms with van der Waals surface area (Å²) < 4.78 is 28.0. The number of anilines is 1. The monoisotopic (exact) mass is 456 g/mol. The van der Waals surface area contributed by atoms with E-state index in [4.69, 9.17) is 23.2 Å². The summed E-state index contributed by atoms with van der Waals surface area (Å²) in [5.41, 5.74) is 1.96. The molecule has 0 spiro atoms. The third-order valence-electron chi connectivity index (χ3n) is 4.24. The van der Waals surface area contributed by atoms with Gasteiger partial charge >= 0.3 is 0 Å². The van der Waals surface area contributed by atoms with Crippen molar-refractivity contribution >= 4 is 44.8 Å². The molecule has 0 fully saturated rings. The predicted octanol–water partition coefficient (Wildman–Crippen LogP) is 5.45. The molecule has 1 amide bonds. The number of hydrogen-bond acceptors (Lipinski definition) is 3. The summed E-state index contributed by atoms with van der Waals surface area (Å²) in [6.07, 6.45) is 1.37. The molecule has 2 aromatic rings. The summed E-state index contributed by atoms with van der Waals surface area (Å²) in [6, 6.07) is 7.89. The number of nitrogens with one attached hydrogen (secondary N) is 2. The van der Waals surface area contributed by atoms with Gasteiger partial charge in [-0.3, -0.25) is 4.79 Å². The van der Waals surface area contributed by atoms with Crippen molar-refractivity contribution in [3.63, 3.8) is 0 Å². The molecule has 8 heteroatoms.